The highest BCUT2D eigenvalue weighted by atomic mass is 35.5. The number of nitrogens with one attached hydrogen (secondary N) is 1. The summed E-state index contributed by atoms with van der Waals surface area (Å²) in [6.45, 7) is 3.86. The van der Waals surface area contributed by atoms with Crippen molar-refractivity contribution in [2.45, 2.75) is 20.4 Å². The maximum absolute atomic E-state index is 10.8. The summed E-state index contributed by atoms with van der Waals surface area (Å²) >= 11 is 5.67. The van der Waals surface area contributed by atoms with Crippen molar-refractivity contribution in [2.75, 3.05) is 0 Å². The summed E-state index contributed by atoms with van der Waals surface area (Å²) in [6.07, 6.45) is 0. The zero-order valence-electron chi connectivity index (χ0n) is 9.12. The van der Waals surface area contributed by atoms with Gasteiger partial charge in [0.05, 0.1) is 0 Å². The second-order valence-corrected chi connectivity index (χ2v) is 3.80. The van der Waals surface area contributed by atoms with Crippen LogP contribution in [0.4, 0.5) is 0 Å². The van der Waals surface area contributed by atoms with Gasteiger partial charge in [-0.1, -0.05) is 28.9 Å². The van der Waals surface area contributed by atoms with Crippen molar-refractivity contribution < 1.29 is 10.0 Å². The second kappa shape index (κ2) is 5.51. The highest BCUT2D eigenvalue weighted by Crippen LogP contribution is 2.13. The van der Waals surface area contributed by atoms with Gasteiger partial charge in [-0.15, -0.1) is 0 Å². The van der Waals surface area contributed by atoms with Gasteiger partial charge in [0.15, 0.2) is 5.17 Å². The van der Waals surface area contributed by atoms with Crippen molar-refractivity contribution in [2.24, 2.45) is 5.16 Å². The van der Waals surface area contributed by atoms with Crippen molar-refractivity contribution in [3.8, 4) is 0 Å². The fourth-order valence-electron chi connectivity index (χ4n) is 1.30. The molecule has 0 fully saturated rings. The first-order valence-electron chi connectivity index (χ1n) is 4.76. The standard InChI is InChI=1S/C11H13ClN2O2/c1-7-5-9(11(12)14-16)3-4-10(7)6-13-8(2)15/h3-5,16H,6H2,1-2H3,(H,13,15). The topological polar surface area (TPSA) is 61.7 Å². The van der Waals surface area contributed by atoms with Gasteiger partial charge in [-0.3, -0.25) is 4.79 Å². The SMILES string of the molecule is CC(=O)NCc1ccc(C(Cl)=NO)cc1C. The zero-order valence-corrected chi connectivity index (χ0v) is 9.88. The fraction of sp³-hybridized carbons (Fsp3) is 0.273. The molecule has 2 N–H and O–H groups in total. The first-order chi connectivity index (χ1) is 7.54. The van der Waals surface area contributed by atoms with Gasteiger partial charge in [-0.05, 0) is 24.1 Å². The molecule has 0 aliphatic heterocycles. The van der Waals surface area contributed by atoms with Gasteiger partial charge in [0.1, 0.15) is 0 Å². The Morgan fingerprint density at radius 1 is 1.56 bits per heavy atom. The molecule has 0 radical (unpaired) electrons. The minimum absolute atomic E-state index is 0.0502. The number of halogens is 1. The van der Waals surface area contributed by atoms with Crippen LogP contribution in [-0.2, 0) is 11.3 Å². The van der Waals surface area contributed by atoms with Crippen molar-refractivity contribution in [1.29, 1.82) is 0 Å². The Bertz CT molecular complexity index is 430. The normalized spacial score (nSPS) is 11.3. The number of carbonyl (C=O) groups excluding carboxylic acids is 1. The van der Waals surface area contributed by atoms with Crippen molar-refractivity contribution in [3.05, 3.63) is 34.9 Å². The molecule has 86 valence electrons. The number of benzene rings is 1. The number of oxime groups is 1. The van der Waals surface area contributed by atoms with E-state index >= 15 is 0 Å². The predicted octanol–water partition coefficient (Wildman–Crippen LogP) is 2.01. The van der Waals surface area contributed by atoms with Crippen LogP contribution in [0.1, 0.15) is 23.6 Å². The summed E-state index contributed by atoms with van der Waals surface area (Å²) in [5, 5.41) is 14.2. The van der Waals surface area contributed by atoms with Crippen LogP contribution < -0.4 is 5.32 Å². The van der Waals surface area contributed by atoms with Crippen LogP contribution in [0, 0.1) is 6.92 Å². The smallest absolute Gasteiger partial charge is 0.217 e. The molecule has 0 bridgehead atoms. The van der Waals surface area contributed by atoms with Gasteiger partial charge in [-0.25, -0.2) is 0 Å². The predicted molar refractivity (Wildman–Crippen MR) is 62.9 cm³/mol. The van der Waals surface area contributed by atoms with Crippen LogP contribution in [-0.4, -0.2) is 16.3 Å². The number of rotatable bonds is 3. The van der Waals surface area contributed by atoms with Gasteiger partial charge in [0.25, 0.3) is 0 Å². The molecule has 16 heavy (non-hydrogen) atoms. The molecule has 0 saturated heterocycles. The first-order valence-corrected chi connectivity index (χ1v) is 5.14. The molecule has 0 saturated carbocycles. The van der Waals surface area contributed by atoms with Gasteiger partial charge in [0, 0.05) is 19.0 Å². The lowest BCUT2D eigenvalue weighted by Crippen LogP contribution is -2.19. The first kappa shape index (κ1) is 12.5. The van der Waals surface area contributed by atoms with E-state index < -0.39 is 0 Å². The number of amides is 1. The molecular formula is C11H13ClN2O2. The summed E-state index contributed by atoms with van der Waals surface area (Å²) in [4.78, 5) is 10.8. The van der Waals surface area contributed by atoms with Crippen LogP contribution in [0.2, 0.25) is 0 Å². The molecule has 0 aliphatic rings. The van der Waals surface area contributed by atoms with Gasteiger partial charge in [0.2, 0.25) is 5.91 Å². The molecule has 0 aliphatic carbocycles. The summed E-state index contributed by atoms with van der Waals surface area (Å²) in [6, 6.07) is 5.39. The van der Waals surface area contributed by atoms with Crippen molar-refractivity contribution in [1.82, 2.24) is 5.32 Å². The molecule has 0 atom stereocenters. The van der Waals surface area contributed by atoms with Gasteiger partial charge >= 0.3 is 0 Å². The molecule has 5 heteroatoms. The molecule has 1 amide bonds. The van der Waals surface area contributed by atoms with E-state index in [1.807, 2.05) is 13.0 Å². The van der Waals surface area contributed by atoms with Crippen LogP contribution >= 0.6 is 11.6 Å². The zero-order chi connectivity index (χ0) is 12.1. The van der Waals surface area contributed by atoms with E-state index in [4.69, 9.17) is 16.8 Å². The molecule has 0 unspecified atom stereocenters. The lowest BCUT2D eigenvalue weighted by Gasteiger charge is -2.07. The third-order valence-corrected chi connectivity index (χ3v) is 2.49. The molecule has 4 nitrogen and oxygen atoms in total. The number of nitrogens with zero attached hydrogens (tertiary/aromatic N) is 1. The van der Waals surface area contributed by atoms with E-state index in [2.05, 4.69) is 10.5 Å². The average Bonchev–Trinajstić information content (AvgIpc) is 2.26. The highest BCUT2D eigenvalue weighted by Gasteiger charge is 2.04. The van der Waals surface area contributed by atoms with Gasteiger partial charge < -0.3 is 10.5 Å². The Balaban J connectivity index is 2.87. The fourth-order valence-corrected chi connectivity index (χ4v) is 1.42. The summed E-state index contributed by atoms with van der Waals surface area (Å²) < 4.78 is 0. The van der Waals surface area contributed by atoms with Crippen LogP contribution in [0.3, 0.4) is 0 Å². The Kier molecular flexibility index (Phi) is 4.31. The number of hydrogen-bond donors (Lipinski definition) is 2. The lowest BCUT2D eigenvalue weighted by atomic mass is 10.1. The van der Waals surface area contributed by atoms with Crippen LogP contribution in [0.5, 0.6) is 0 Å². The summed E-state index contributed by atoms with van der Waals surface area (Å²) in [5.74, 6) is -0.0709. The van der Waals surface area contributed by atoms with E-state index in [9.17, 15) is 4.79 Å². The highest BCUT2D eigenvalue weighted by molar-refractivity contribution is 6.69. The largest absolute Gasteiger partial charge is 0.410 e. The minimum atomic E-state index is -0.0709. The Labute approximate surface area is 98.9 Å². The quantitative estimate of drug-likeness (QED) is 0.482. The third kappa shape index (κ3) is 3.24. The Morgan fingerprint density at radius 2 is 2.25 bits per heavy atom. The summed E-state index contributed by atoms with van der Waals surface area (Å²) in [5.41, 5.74) is 2.63. The lowest BCUT2D eigenvalue weighted by molar-refractivity contribution is -0.119. The number of hydrogen-bond acceptors (Lipinski definition) is 3. The summed E-state index contributed by atoms with van der Waals surface area (Å²) in [7, 11) is 0. The number of carbonyl (C=O) groups is 1. The van der Waals surface area contributed by atoms with Crippen LogP contribution in [0.15, 0.2) is 23.4 Å². The third-order valence-electron chi connectivity index (χ3n) is 2.20. The molecule has 0 spiro atoms. The van der Waals surface area contributed by atoms with E-state index in [0.29, 0.717) is 12.1 Å². The van der Waals surface area contributed by atoms with Crippen molar-refractivity contribution in [3.63, 3.8) is 0 Å². The molecular weight excluding hydrogens is 228 g/mol. The van der Waals surface area contributed by atoms with E-state index in [1.165, 1.54) is 6.92 Å². The maximum atomic E-state index is 10.8. The number of aryl methyl sites for hydroxylation is 1. The van der Waals surface area contributed by atoms with Crippen molar-refractivity contribution >= 4 is 22.7 Å². The van der Waals surface area contributed by atoms with Gasteiger partial charge in [-0.2, -0.15) is 0 Å². The van der Waals surface area contributed by atoms with E-state index in [0.717, 1.165) is 11.1 Å². The monoisotopic (exact) mass is 240 g/mol. The second-order valence-electron chi connectivity index (χ2n) is 3.44. The molecule has 1 aromatic rings. The van der Waals surface area contributed by atoms with E-state index in [1.54, 1.807) is 12.1 Å². The molecule has 0 aromatic heterocycles. The maximum Gasteiger partial charge on any atom is 0.217 e. The Morgan fingerprint density at radius 3 is 2.75 bits per heavy atom. The minimum Gasteiger partial charge on any atom is -0.410 e. The van der Waals surface area contributed by atoms with E-state index in [-0.39, 0.29) is 11.1 Å². The Hall–Kier alpha value is -1.55. The van der Waals surface area contributed by atoms with Crippen LogP contribution in [0.25, 0.3) is 0 Å². The average molecular weight is 241 g/mol. The molecule has 1 aromatic carbocycles. The molecule has 1 rings (SSSR count). The molecule has 0 heterocycles.